The first-order valence-electron chi connectivity index (χ1n) is 7.45. The van der Waals surface area contributed by atoms with Crippen LogP contribution in [0.4, 0.5) is 0 Å². The first-order valence-corrected chi connectivity index (χ1v) is 8.44. The normalized spacial score (nSPS) is 18.3. The lowest BCUT2D eigenvalue weighted by molar-refractivity contribution is -0.0901. The summed E-state index contributed by atoms with van der Waals surface area (Å²) in [7, 11) is 0. The molecule has 1 aliphatic carbocycles. The Balaban J connectivity index is 1.52. The molecular weight excluding hydrogens is 312 g/mol. The fraction of sp³-hybridized carbons (Fsp3) is 0.312. The van der Waals surface area contributed by atoms with Crippen LogP contribution in [0.1, 0.15) is 17.4 Å². The number of fused-ring (bicyclic) bond motifs is 1. The van der Waals surface area contributed by atoms with Gasteiger partial charge in [0, 0.05) is 17.6 Å². The van der Waals surface area contributed by atoms with Gasteiger partial charge in [0.15, 0.2) is 5.16 Å². The number of aromatic amines is 1. The Morgan fingerprint density at radius 2 is 1.96 bits per heavy atom. The predicted octanol–water partition coefficient (Wildman–Crippen LogP) is 2.68. The van der Waals surface area contributed by atoms with Gasteiger partial charge < -0.3 is 14.5 Å². The first-order chi connectivity index (χ1) is 11.4. The number of hydrogen-bond acceptors (Lipinski definition) is 6. The van der Waals surface area contributed by atoms with Gasteiger partial charge in [-0.15, -0.1) is 0 Å². The zero-order valence-corrected chi connectivity index (χ0v) is 13.3. The lowest BCUT2D eigenvalue weighted by atomic mass is 10.1. The maximum Gasteiger partial charge on any atom is 0.189 e. The smallest absolute Gasteiger partial charge is 0.189 e. The van der Waals surface area contributed by atoms with Crippen LogP contribution in [-0.2, 0) is 15.2 Å². The van der Waals surface area contributed by atoms with E-state index in [-0.39, 0.29) is 6.10 Å². The highest BCUT2D eigenvalue weighted by Crippen LogP contribution is 2.27. The second-order valence-electron chi connectivity index (χ2n) is 5.24. The summed E-state index contributed by atoms with van der Waals surface area (Å²) in [4.78, 5) is 16.3. The Kier molecular flexibility index (Phi) is 4.23. The summed E-state index contributed by atoms with van der Waals surface area (Å²) in [5.41, 5.74) is 3.93. The number of nitrogens with one attached hydrogen (secondary N) is 1. The first kappa shape index (κ1) is 14.6. The van der Waals surface area contributed by atoms with Crippen molar-refractivity contribution in [3.63, 3.8) is 0 Å². The Hall–Kier alpha value is -1.96. The van der Waals surface area contributed by atoms with E-state index in [2.05, 4.69) is 19.9 Å². The van der Waals surface area contributed by atoms with Crippen LogP contribution in [-0.4, -0.2) is 39.8 Å². The minimum atomic E-state index is -0.00511. The molecular formula is C16H16N4O2S. The van der Waals surface area contributed by atoms with Gasteiger partial charge in [-0.25, -0.2) is 15.0 Å². The van der Waals surface area contributed by atoms with Crippen molar-refractivity contribution in [3.05, 3.63) is 48.0 Å². The average molecular weight is 328 g/mol. The Morgan fingerprint density at radius 3 is 2.61 bits per heavy atom. The van der Waals surface area contributed by atoms with Crippen molar-refractivity contribution in [3.8, 4) is 11.4 Å². The molecule has 1 aromatic rings. The summed E-state index contributed by atoms with van der Waals surface area (Å²) < 4.78 is 11.2. The van der Waals surface area contributed by atoms with Gasteiger partial charge in [-0.1, -0.05) is 23.9 Å². The second-order valence-corrected chi connectivity index (χ2v) is 6.19. The summed E-state index contributed by atoms with van der Waals surface area (Å²) in [6.07, 6.45) is 3.49. The molecule has 1 saturated heterocycles. The molecule has 0 saturated carbocycles. The van der Waals surface area contributed by atoms with Crippen molar-refractivity contribution < 1.29 is 9.47 Å². The van der Waals surface area contributed by atoms with E-state index in [0.717, 1.165) is 33.6 Å². The van der Waals surface area contributed by atoms with E-state index in [1.54, 1.807) is 18.1 Å². The molecule has 1 atom stereocenters. The molecule has 2 aliphatic heterocycles. The van der Waals surface area contributed by atoms with Crippen molar-refractivity contribution in [1.29, 1.82) is 0 Å². The lowest BCUT2D eigenvalue weighted by Gasteiger charge is -2.22. The zero-order chi connectivity index (χ0) is 15.5. The van der Waals surface area contributed by atoms with Crippen LogP contribution in [0, 0.1) is 0 Å². The van der Waals surface area contributed by atoms with Crippen molar-refractivity contribution in [2.45, 2.75) is 17.0 Å². The fourth-order valence-corrected chi connectivity index (χ4v) is 3.23. The number of imidazole rings is 2. The number of ether oxygens (including phenoxy) is 2. The molecule has 0 bridgehead atoms. The molecule has 0 amide bonds. The Morgan fingerprint density at radius 1 is 1.13 bits per heavy atom. The minimum absolute atomic E-state index is 0.00511. The van der Waals surface area contributed by atoms with Gasteiger partial charge in [0.1, 0.15) is 6.10 Å². The molecule has 1 fully saturated rings. The molecule has 0 aromatic carbocycles. The van der Waals surface area contributed by atoms with E-state index < -0.39 is 0 Å². The molecule has 3 aliphatic rings. The highest BCUT2D eigenvalue weighted by molar-refractivity contribution is 7.98. The van der Waals surface area contributed by atoms with E-state index in [1.807, 2.05) is 30.5 Å². The number of nitrogens with zero attached hydrogens (tertiary/aromatic N) is 3. The number of aromatic nitrogens is 4. The molecule has 1 unspecified atom stereocenters. The molecule has 23 heavy (non-hydrogen) atoms. The molecule has 0 spiro atoms. The maximum atomic E-state index is 5.73. The summed E-state index contributed by atoms with van der Waals surface area (Å²) >= 11 is 1.59. The van der Waals surface area contributed by atoms with Gasteiger partial charge in [0.2, 0.25) is 0 Å². The molecule has 7 heteroatoms. The number of H-pyrrole nitrogens is 1. The zero-order valence-electron chi connectivity index (χ0n) is 12.4. The fourth-order valence-electron chi connectivity index (χ4n) is 2.46. The minimum Gasteiger partial charge on any atom is -0.376 e. The summed E-state index contributed by atoms with van der Waals surface area (Å²) in [5.74, 6) is 0.779. The van der Waals surface area contributed by atoms with Gasteiger partial charge in [-0.05, 0) is 17.7 Å². The molecule has 6 nitrogen and oxygen atoms in total. The maximum absolute atomic E-state index is 5.73. The summed E-state index contributed by atoms with van der Waals surface area (Å²) in [6.45, 7) is 1.91. The second kappa shape index (κ2) is 6.66. The van der Waals surface area contributed by atoms with Crippen molar-refractivity contribution in [2.75, 3.05) is 19.8 Å². The van der Waals surface area contributed by atoms with E-state index in [4.69, 9.17) is 9.47 Å². The van der Waals surface area contributed by atoms with E-state index in [9.17, 15) is 0 Å². The highest BCUT2D eigenvalue weighted by Gasteiger charge is 2.17. The van der Waals surface area contributed by atoms with Crippen molar-refractivity contribution in [2.24, 2.45) is 0 Å². The highest BCUT2D eigenvalue weighted by atomic mass is 32.2. The predicted molar refractivity (Wildman–Crippen MR) is 86.3 cm³/mol. The summed E-state index contributed by atoms with van der Waals surface area (Å²) in [5, 5.41) is 0.777. The van der Waals surface area contributed by atoms with Crippen molar-refractivity contribution in [1.82, 2.24) is 19.9 Å². The van der Waals surface area contributed by atoms with Crippen LogP contribution < -0.4 is 0 Å². The SMILES string of the molecule is c1ncc(CSc2nc3ccc(C4COCCO4)ccc-3n2)[nH]1. The molecule has 4 rings (SSSR count). The van der Waals surface area contributed by atoms with Crippen LogP contribution in [0.2, 0.25) is 0 Å². The monoisotopic (exact) mass is 328 g/mol. The van der Waals surface area contributed by atoms with Crippen LogP contribution in [0.5, 0.6) is 0 Å². The number of rotatable bonds is 4. The standard InChI is InChI=1S/C16H16N4O2S/c1-3-13-14(4-2-11(1)15-8-21-5-6-22-15)20-16(19-13)23-9-12-7-17-10-18-12/h1-4,7,10,15H,5-6,8-9H2,(H,17,18). The molecule has 1 aromatic heterocycles. The third-order valence-electron chi connectivity index (χ3n) is 3.66. The van der Waals surface area contributed by atoms with Crippen LogP contribution in [0.3, 0.4) is 0 Å². The molecule has 0 radical (unpaired) electrons. The van der Waals surface area contributed by atoms with Crippen LogP contribution in [0.25, 0.3) is 11.4 Å². The van der Waals surface area contributed by atoms with Gasteiger partial charge in [0.05, 0.1) is 37.5 Å². The number of hydrogen-bond donors (Lipinski definition) is 1. The van der Waals surface area contributed by atoms with Crippen molar-refractivity contribution >= 4 is 11.8 Å². The van der Waals surface area contributed by atoms with Gasteiger partial charge >= 0.3 is 0 Å². The quantitative estimate of drug-likeness (QED) is 0.742. The van der Waals surface area contributed by atoms with E-state index >= 15 is 0 Å². The number of thioether (sulfide) groups is 1. The summed E-state index contributed by atoms with van der Waals surface area (Å²) in [6, 6.07) is 8.07. The molecule has 1 N–H and O–H groups in total. The third-order valence-corrected chi connectivity index (χ3v) is 4.56. The Labute approximate surface area is 138 Å². The average Bonchev–Trinajstić information content (AvgIpc) is 3.20. The largest absolute Gasteiger partial charge is 0.376 e. The third kappa shape index (κ3) is 3.36. The van der Waals surface area contributed by atoms with Crippen LogP contribution in [0.15, 0.2) is 41.9 Å². The van der Waals surface area contributed by atoms with Gasteiger partial charge in [-0.3, -0.25) is 0 Å². The lowest BCUT2D eigenvalue weighted by Crippen LogP contribution is -2.21. The topological polar surface area (TPSA) is 72.9 Å². The Bertz CT molecular complexity index is 710. The van der Waals surface area contributed by atoms with Crippen LogP contribution >= 0.6 is 11.8 Å². The van der Waals surface area contributed by atoms with Gasteiger partial charge in [-0.2, -0.15) is 0 Å². The van der Waals surface area contributed by atoms with E-state index in [1.165, 1.54) is 0 Å². The molecule has 118 valence electrons. The van der Waals surface area contributed by atoms with E-state index in [0.29, 0.717) is 19.8 Å². The van der Waals surface area contributed by atoms with Gasteiger partial charge in [0.25, 0.3) is 0 Å². The molecule has 3 heterocycles.